The first kappa shape index (κ1) is 24.4. The molecule has 0 aliphatic heterocycles. The number of hydrogen-bond acceptors (Lipinski definition) is 4. The molecule has 0 spiro atoms. The maximum atomic E-state index is 10.6. The fourth-order valence-corrected chi connectivity index (χ4v) is 4.42. The Morgan fingerprint density at radius 1 is 1.19 bits per heavy atom. The molecule has 1 saturated carbocycles. The Balaban J connectivity index is 2.46. The van der Waals surface area contributed by atoms with Gasteiger partial charge < -0.3 is 20.1 Å². The third-order valence-corrected chi connectivity index (χ3v) is 6.01. The maximum absolute atomic E-state index is 10.6. The molecule has 6 heteroatoms. The number of ether oxygens (including phenoxy) is 1. The van der Waals surface area contributed by atoms with E-state index >= 15 is 0 Å². The second-order valence-corrected chi connectivity index (χ2v) is 8.41. The van der Waals surface area contributed by atoms with Gasteiger partial charge in [0.05, 0.1) is 18.3 Å². The van der Waals surface area contributed by atoms with Gasteiger partial charge in [0.1, 0.15) is 0 Å². The number of carboxylic acids is 1. The van der Waals surface area contributed by atoms with E-state index in [2.05, 4.69) is 6.08 Å². The van der Waals surface area contributed by atoms with Crippen LogP contribution in [0.1, 0.15) is 71.1 Å². The van der Waals surface area contributed by atoms with Gasteiger partial charge in [0.25, 0.3) is 0 Å². The molecule has 0 bridgehead atoms. The Labute approximate surface area is 168 Å². The van der Waals surface area contributed by atoms with Crippen molar-refractivity contribution in [2.24, 2.45) is 11.8 Å². The van der Waals surface area contributed by atoms with Gasteiger partial charge in [0.15, 0.2) is 0 Å². The number of aliphatic hydroxyl groups excluding tert-OH is 2. The fraction of sp³-hybridized carbons (Fsp3) is 0.857. The first-order chi connectivity index (χ1) is 12.8. The first-order valence-electron chi connectivity index (χ1n) is 10.3. The van der Waals surface area contributed by atoms with Gasteiger partial charge in [-0.05, 0) is 51.4 Å². The second kappa shape index (κ2) is 13.5. The highest BCUT2D eigenvalue weighted by Gasteiger charge is 2.40. The number of alkyl halides is 1. The van der Waals surface area contributed by atoms with Crippen molar-refractivity contribution in [2.45, 2.75) is 94.8 Å². The SMILES string of the molecule is CO[C@@H]1C[C@@H](Cl)[C@H](CCCCCCC(=O)O)[C@H]1C=C[C@@H](O)CCC[C@@H](C)O. The molecular formula is C21H37ClO5. The second-order valence-electron chi connectivity index (χ2n) is 7.85. The lowest BCUT2D eigenvalue weighted by molar-refractivity contribution is -0.137. The van der Waals surface area contributed by atoms with Gasteiger partial charge in [-0.25, -0.2) is 0 Å². The molecule has 27 heavy (non-hydrogen) atoms. The molecule has 0 radical (unpaired) electrons. The minimum absolute atomic E-state index is 0.0657. The minimum atomic E-state index is -0.730. The van der Waals surface area contributed by atoms with E-state index in [4.69, 9.17) is 21.4 Å². The topological polar surface area (TPSA) is 87.0 Å². The Hall–Kier alpha value is -0.620. The number of aliphatic hydroxyl groups is 2. The molecule has 158 valence electrons. The minimum Gasteiger partial charge on any atom is -0.481 e. The smallest absolute Gasteiger partial charge is 0.303 e. The number of methoxy groups -OCH3 is 1. The monoisotopic (exact) mass is 404 g/mol. The lowest BCUT2D eigenvalue weighted by Crippen LogP contribution is -2.21. The van der Waals surface area contributed by atoms with Crippen molar-refractivity contribution in [2.75, 3.05) is 7.11 Å². The summed E-state index contributed by atoms with van der Waals surface area (Å²) in [4.78, 5) is 10.6. The van der Waals surface area contributed by atoms with E-state index in [0.29, 0.717) is 18.8 Å². The summed E-state index contributed by atoms with van der Waals surface area (Å²) < 4.78 is 5.62. The quantitative estimate of drug-likeness (QED) is 0.230. The number of hydrogen-bond donors (Lipinski definition) is 3. The molecule has 0 aromatic heterocycles. The van der Waals surface area contributed by atoms with E-state index in [9.17, 15) is 15.0 Å². The number of carboxylic acid groups (broad SMARTS) is 1. The molecular weight excluding hydrogens is 368 g/mol. The highest BCUT2D eigenvalue weighted by Crippen LogP contribution is 2.41. The Morgan fingerprint density at radius 2 is 1.89 bits per heavy atom. The van der Waals surface area contributed by atoms with Gasteiger partial charge in [0.2, 0.25) is 0 Å². The van der Waals surface area contributed by atoms with Crippen LogP contribution < -0.4 is 0 Å². The van der Waals surface area contributed by atoms with Crippen molar-refractivity contribution in [3.05, 3.63) is 12.2 Å². The molecule has 1 rings (SSSR count). The van der Waals surface area contributed by atoms with Crippen LogP contribution in [0.15, 0.2) is 12.2 Å². The summed E-state index contributed by atoms with van der Waals surface area (Å²) in [5, 5.41) is 28.2. The number of halogens is 1. The molecule has 0 amide bonds. The summed E-state index contributed by atoms with van der Waals surface area (Å²) in [5.41, 5.74) is 0. The van der Waals surface area contributed by atoms with Crippen molar-refractivity contribution in [3.8, 4) is 0 Å². The van der Waals surface area contributed by atoms with Crippen molar-refractivity contribution in [1.29, 1.82) is 0 Å². The number of unbranched alkanes of at least 4 members (excludes halogenated alkanes) is 3. The van der Waals surface area contributed by atoms with E-state index in [0.717, 1.165) is 44.9 Å². The van der Waals surface area contributed by atoms with Gasteiger partial charge in [-0.2, -0.15) is 0 Å². The van der Waals surface area contributed by atoms with Gasteiger partial charge >= 0.3 is 5.97 Å². The van der Waals surface area contributed by atoms with Gasteiger partial charge in [0, 0.05) is 24.8 Å². The Morgan fingerprint density at radius 3 is 2.52 bits per heavy atom. The largest absolute Gasteiger partial charge is 0.481 e. The van der Waals surface area contributed by atoms with Crippen LogP contribution in [-0.4, -0.2) is 52.1 Å². The van der Waals surface area contributed by atoms with E-state index in [-0.39, 0.29) is 29.9 Å². The average molecular weight is 405 g/mol. The lowest BCUT2D eigenvalue weighted by Gasteiger charge is -2.22. The number of aliphatic carboxylic acids is 1. The van der Waals surface area contributed by atoms with E-state index in [1.807, 2.05) is 6.08 Å². The molecule has 1 aliphatic carbocycles. The first-order valence-corrected chi connectivity index (χ1v) is 10.7. The van der Waals surface area contributed by atoms with Gasteiger partial charge in [-0.3, -0.25) is 4.79 Å². The molecule has 3 N–H and O–H groups in total. The molecule has 5 nitrogen and oxygen atoms in total. The van der Waals surface area contributed by atoms with Crippen LogP contribution >= 0.6 is 11.6 Å². The third-order valence-electron chi connectivity index (χ3n) is 5.50. The van der Waals surface area contributed by atoms with Crippen molar-refractivity contribution >= 4 is 17.6 Å². The Bertz CT molecular complexity index is 440. The van der Waals surface area contributed by atoms with Crippen LogP contribution in [0.25, 0.3) is 0 Å². The van der Waals surface area contributed by atoms with Crippen molar-refractivity contribution < 1.29 is 24.9 Å². The van der Waals surface area contributed by atoms with Crippen LogP contribution in [0.2, 0.25) is 0 Å². The van der Waals surface area contributed by atoms with E-state index in [1.165, 1.54) is 0 Å². The molecule has 0 aromatic carbocycles. The molecule has 0 saturated heterocycles. The van der Waals surface area contributed by atoms with Crippen LogP contribution in [0.3, 0.4) is 0 Å². The summed E-state index contributed by atoms with van der Waals surface area (Å²) in [5.74, 6) is -0.216. The summed E-state index contributed by atoms with van der Waals surface area (Å²) in [6, 6.07) is 0. The van der Waals surface area contributed by atoms with Crippen LogP contribution in [-0.2, 0) is 9.53 Å². The molecule has 0 unspecified atom stereocenters. The normalized spacial score (nSPS) is 27.9. The highest BCUT2D eigenvalue weighted by molar-refractivity contribution is 6.21. The molecule has 0 aromatic rings. The maximum Gasteiger partial charge on any atom is 0.303 e. The van der Waals surface area contributed by atoms with Crippen molar-refractivity contribution in [1.82, 2.24) is 0 Å². The van der Waals surface area contributed by atoms with Crippen LogP contribution in [0.4, 0.5) is 0 Å². The summed E-state index contributed by atoms with van der Waals surface area (Å²) in [6.45, 7) is 1.76. The van der Waals surface area contributed by atoms with Crippen LogP contribution in [0, 0.1) is 11.8 Å². The summed E-state index contributed by atoms with van der Waals surface area (Å²) in [7, 11) is 1.71. The standard InChI is InChI=1S/C21H37ClO5/c1-15(23)8-7-9-16(24)12-13-18-17(19(22)14-20(18)27-2)10-5-3-4-6-11-21(25)26/h12-13,15-20,23-24H,3-11,14H2,1-2H3,(H,25,26)/t15-,16+,17-,18-,19-,20-/m1/s1. The Kier molecular flexibility index (Phi) is 12.2. The van der Waals surface area contributed by atoms with Crippen LogP contribution in [0.5, 0.6) is 0 Å². The number of carbonyl (C=O) groups is 1. The predicted molar refractivity (Wildman–Crippen MR) is 108 cm³/mol. The van der Waals surface area contributed by atoms with Gasteiger partial charge in [-0.1, -0.05) is 31.4 Å². The van der Waals surface area contributed by atoms with E-state index < -0.39 is 12.1 Å². The predicted octanol–water partition coefficient (Wildman–Crippen LogP) is 4.14. The van der Waals surface area contributed by atoms with Crippen molar-refractivity contribution in [3.63, 3.8) is 0 Å². The highest BCUT2D eigenvalue weighted by atomic mass is 35.5. The summed E-state index contributed by atoms with van der Waals surface area (Å²) >= 11 is 6.58. The zero-order valence-corrected chi connectivity index (χ0v) is 17.5. The number of rotatable bonds is 14. The molecule has 1 fully saturated rings. The molecule has 6 atom stereocenters. The fourth-order valence-electron chi connectivity index (χ4n) is 3.95. The zero-order valence-electron chi connectivity index (χ0n) is 16.7. The lowest BCUT2D eigenvalue weighted by atomic mass is 9.88. The van der Waals surface area contributed by atoms with Gasteiger partial charge in [-0.15, -0.1) is 11.6 Å². The molecule has 1 aliphatic rings. The average Bonchev–Trinajstić information content (AvgIpc) is 2.90. The summed E-state index contributed by atoms with van der Waals surface area (Å²) in [6.07, 6.45) is 11.1. The zero-order chi connectivity index (χ0) is 20.2. The third kappa shape index (κ3) is 9.93. The molecule has 0 heterocycles. The van der Waals surface area contributed by atoms with E-state index in [1.54, 1.807) is 14.0 Å².